The zero-order valence-corrected chi connectivity index (χ0v) is 11.7. The molecule has 0 aliphatic rings. The van der Waals surface area contributed by atoms with E-state index in [1.54, 1.807) is 0 Å². The summed E-state index contributed by atoms with van der Waals surface area (Å²) in [5, 5.41) is 11.9. The van der Waals surface area contributed by atoms with Gasteiger partial charge in [-0.25, -0.2) is 0 Å². The van der Waals surface area contributed by atoms with Crippen molar-refractivity contribution in [3.63, 3.8) is 0 Å². The smallest absolute Gasteiger partial charge is 0.148 e. The second-order valence-corrected chi connectivity index (χ2v) is 4.02. The molecule has 0 aliphatic carbocycles. The Bertz CT molecular complexity index is 462. The molecule has 0 saturated carbocycles. The van der Waals surface area contributed by atoms with Crippen LogP contribution in [-0.2, 0) is 19.6 Å². The van der Waals surface area contributed by atoms with Crippen molar-refractivity contribution in [3.8, 4) is 0 Å². The van der Waals surface area contributed by atoms with E-state index in [2.05, 4.69) is 35.6 Å². The molecule has 0 unspecified atom stereocenters. The monoisotopic (exact) mass is 269 g/mol. The topological polar surface area (TPSA) is 47.7 Å². The van der Waals surface area contributed by atoms with Gasteiger partial charge in [0.25, 0.3) is 0 Å². The zero-order valence-electron chi connectivity index (χ0n) is 10.8. The molecule has 0 amide bonds. The van der Waals surface area contributed by atoms with Gasteiger partial charge in [0.1, 0.15) is 5.82 Å². The van der Waals surface area contributed by atoms with Crippen LogP contribution in [0.2, 0.25) is 0 Å². The highest BCUT2D eigenvalue weighted by molar-refractivity contribution is 5.85. The van der Waals surface area contributed by atoms with E-state index in [9.17, 15) is 0 Å². The second kappa shape index (κ2) is 7.06. The minimum atomic E-state index is 0. The molecule has 0 aromatic carbocycles. The molecule has 0 fully saturated rings. The van der Waals surface area contributed by atoms with Crippen molar-refractivity contribution in [1.29, 1.82) is 0 Å². The Morgan fingerprint density at radius 1 is 1.28 bits per heavy atom. The first-order chi connectivity index (χ1) is 8.31. The van der Waals surface area contributed by atoms with E-state index in [1.807, 2.05) is 27.8 Å². The lowest BCUT2D eigenvalue weighted by Gasteiger charge is -2.00. The molecule has 0 aliphatic heterocycles. The number of nitrogens with one attached hydrogen (secondary N) is 1. The summed E-state index contributed by atoms with van der Waals surface area (Å²) in [7, 11) is 0. The van der Waals surface area contributed by atoms with E-state index in [-0.39, 0.29) is 12.4 Å². The highest BCUT2D eigenvalue weighted by Gasteiger charge is 2.00. The molecule has 5 nitrogen and oxygen atoms in total. The minimum absolute atomic E-state index is 0. The van der Waals surface area contributed by atoms with Gasteiger partial charge in [0.05, 0.1) is 6.20 Å². The Kier molecular flexibility index (Phi) is 5.71. The first-order valence-corrected chi connectivity index (χ1v) is 6.10. The molecule has 100 valence electrons. The van der Waals surface area contributed by atoms with Gasteiger partial charge in [-0.3, -0.25) is 9.36 Å². The molecule has 0 atom stereocenters. The molecule has 6 heteroatoms. The molecule has 2 heterocycles. The van der Waals surface area contributed by atoms with Crippen LogP contribution >= 0.6 is 12.4 Å². The van der Waals surface area contributed by atoms with Crippen LogP contribution in [0.4, 0.5) is 5.82 Å². The number of halogens is 1. The van der Waals surface area contributed by atoms with Crippen molar-refractivity contribution < 1.29 is 0 Å². The third-order valence-electron chi connectivity index (χ3n) is 2.58. The van der Waals surface area contributed by atoms with E-state index < -0.39 is 0 Å². The first-order valence-electron chi connectivity index (χ1n) is 6.10. The fourth-order valence-corrected chi connectivity index (χ4v) is 1.67. The summed E-state index contributed by atoms with van der Waals surface area (Å²) in [6, 6.07) is 2.00. The maximum atomic E-state index is 4.42. The van der Waals surface area contributed by atoms with Gasteiger partial charge >= 0.3 is 0 Å². The summed E-state index contributed by atoms with van der Waals surface area (Å²) in [6.45, 7) is 6.87. The predicted octanol–water partition coefficient (Wildman–Crippen LogP) is 2.54. The number of aryl methyl sites for hydroxylation is 2. The van der Waals surface area contributed by atoms with Gasteiger partial charge in [-0.1, -0.05) is 6.92 Å². The fourth-order valence-electron chi connectivity index (χ4n) is 1.67. The van der Waals surface area contributed by atoms with Crippen LogP contribution in [0.15, 0.2) is 24.7 Å². The quantitative estimate of drug-likeness (QED) is 0.877. The normalized spacial score (nSPS) is 10.1. The molecule has 2 aromatic heterocycles. The van der Waals surface area contributed by atoms with Crippen molar-refractivity contribution in [2.45, 2.75) is 39.9 Å². The van der Waals surface area contributed by atoms with Gasteiger partial charge in [0, 0.05) is 43.7 Å². The van der Waals surface area contributed by atoms with E-state index in [0.29, 0.717) is 0 Å². The molecule has 0 saturated heterocycles. The molecule has 2 aromatic rings. The number of rotatable bonds is 6. The van der Waals surface area contributed by atoms with Crippen LogP contribution in [-0.4, -0.2) is 19.6 Å². The summed E-state index contributed by atoms with van der Waals surface area (Å²) in [4.78, 5) is 0. The molecule has 18 heavy (non-hydrogen) atoms. The van der Waals surface area contributed by atoms with Crippen LogP contribution in [0.5, 0.6) is 0 Å². The molecule has 0 spiro atoms. The van der Waals surface area contributed by atoms with Crippen molar-refractivity contribution in [1.82, 2.24) is 19.6 Å². The Hall–Kier alpha value is -1.49. The van der Waals surface area contributed by atoms with Crippen LogP contribution in [0, 0.1) is 0 Å². The molecule has 0 radical (unpaired) electrons. The van der Waals surface area contributed by atoms with E-state index in [0.717, 1.165) is 31.9 Å². The fraction of sp³-hybridized carbons (Fsp3) is 0.500. The zero-order chi connectivity index (χ0) is 12.1. The van der Waals surface area contributed by atoms with E-state index in [4.69, 9.17) is 0 Å². The van der Waals surface area contributed by atoms with Gasteiger partial charge in [-0.15, -0.1) is 12.4 Å². The van der Waals surface area contributed by atoms with Crippen LogP contribution in [0.25, 0.3) is 0 Å². The van der Waals surface area contributed by atoms with Crippen LogP contribution in [0.1, 0.15) is 25.8 Å². The SMILES string of the molecule is CCCn1ccc(NCc2cnn(CC)c2)n1.Cl. The highest BCUT2D eigenvalue weighted by atomic mass is 35.5. The predicted molar refractivity (Wildman–Crippen MR) is 75.0 cm³/mol. The minimum Gasteiger partial charge on any atom is -0.364 e. The van der Waals surface area contributed by atoms with Crippen molar-refractivity contribution in [2.75, 3.05) is 5.32 Å². The summed E-state index contributed by atoms with van der Waals surface area (Å²) in [5.74, 6) is 0.919. The van der Waals surface area contributed by atoms with Gasteiger partial charge in [-0.05, 0) is 13.3 Å². The number of nitrogens with zero attached hydrogens (tertiary/aromatic N) is 4. The maximum absolute atomic E-state index is 4.42. The summed E-state index contributed by atoms with van der Waals surface area (Å²) in [5.41, 5.74) is 1.18. The third kappa shape index (κ3) is 3.77. The number of aromatic nitrogens is 4. The lowest BCUT2D eigenvalue weighted by Crippen LogP contribution is -2.02. The maximum Gasteiger partial charge on any atom is 0.148 e. The van der Waals surface area contributed by atoms with E-state index in [1.165, 1.54) is 5.56 Å². The first kappa shape index (κ1) is 14.6. The van der Waals surface area contributed by atoms with Gasteiger partial charge in [0.15, 0.2) is 0 Å². The average Bonchev–Trinajstić information content (AvgIpc) is 2.95. The standard InChI is InChI=1S/C12H19N5.ClH/c1-3-6-17-7-5-12(15-17)13-8-11-9-14-16(4-2)10-11;/h5,7,9-10H,3-4,6,8H2,1-2H3,(H,13,15);1H. The summed E-state index contributed by atoms with van der Waals surface area (Å²) < 4.78 is 3.88. The Morgan fingerprint density at radius 2 is 2.11 bits per heavy atom. The molecular formula is C12H20ClN5. The molecule has 0 bridgehead atoms. The number of hydrogen-bond donors (Lipinski definition) is 1. The Labute approximate surface area is 114 Å². The molecule has 2 rings (SSSR count). The van der Waals surface area contributed by atoms with Gasteiger partial charge in [0.2, 0.25) is 0 Å². The van der Waals surface area contributed by atoms with Crippen LogP contribution in [0.3, 0.4) is 0 Å². The van der Waals surface area contributed by atoms with Crippen LogP contribution < -0.4 is 5.32 Å². The molecular weight excluding hydrogens is 250 g/mol. The summed E-state index contributed by atoms with van der Waals surface area (Å²) >= 11 is 0. The van der Waals surface area contributed by atoms with Crippen molar-refractivity contribution in [3.05, 3.63) is 30.2 Å². The average molecular weight is 270 g/mol. The highest BCUT2D eigenvalue weighted by Crippen LogP contribution is 2.06. The van der Waals surface area contributed by atoms with E-state index >= 15 is 0 Å². The number of anilines is 1. The largest absolute Gasteiger partial charge is 0.364 e. The number of hydrogen-bond acceptors (Lipinski definition) is 3. The molecule has 1 N–H and O–H groups in total. The Morgan fingerprint density at radius 3 is 2.78 bits per heavy atom. The van der Waals surface area contributed by atoms with Crippen molar-refractivity contribution >= 4 is 18.2 Å². The van der Waals surface area contributed by atoms with Crippen molar-refractivity contribution in [2.24, 2.45) is 0 Å². The van der Waals surface area contributed by atoms with Gasteiger partial charge in [-0.2, -0.15) is 10.2 Å². The van der Waals surface area contributed by atoms with Gasteiger partial charge < -0.3 is 5.32 Å². The second-order valence-electron chi connectivity index (χ2n) is 4.02. The lowest BCUT2D eigenvalue weighted by atomic mass is 10.3. The Balaban J connectivity index is 0.00000162. The lowest BCUT2D eigenvalue weighted by molar-refractivity contribution is 0.604. The third-order valence-corrected chi connectivity index (χ3v) is 2.58. The summed E-state index contributed by atoms with van der Waals surface area (Å²) in [6.07, 6.45) is 7.04.